The lowest BCUT2D eigenvalue weighted by atomic mass is 9.80. The van der Waals surface area contributed by atoms with Crippen LogP contribution >= 0.6 is 11.9 Å². The van der Waals surface area contributed by atoms with Crippen molar-refractivity contribution in [3.63, 3.8) is 0 Å². The molecule has 4 nitrogen and oxygen atoms in total. The second-order valence-electron chi connectivity index (χ2n) is 5.50. The molecule has 0 aromatic carbocycles. The number of nitrogens with one attached hydrogen (secondary N) is 2. The highest BCUT2D eigenvalue weighted by Crippen LogP contribution is 2.28. The molecular weight excluding hydrogens is 236 g/mol. The van der Waals surface area contributed by atoms with Crippen LogP contribution in [0.4, 0.5) is 0 Å². The van der Waals surface area contributed by atoms with Gasteiger partial charge >= 0.3 is 0 Å². The van der Waals surface area contributed by atoms with Crippen molar-refractivity contribution in [1.29, 1.82) is 0 Å². The Kier molecular flexibility index (Phi) is 7.13. The highest BCUT2D eigenvalue weighted by Gasteiger charge is 2.34. The maximum Gasteiger partial charge on any atom is 0.225 e. The van der Waals surface area contributed by atoms with E-state index in [2.05, 4.69) is 23.9 Å². The molecule has 102 valence electrons. The van der Waals surface area contributed by atoms with E-state index < -0.39 is 0 Å². The van der Waals surface area contributed by atoms with Gasteiger partial charge in [-0.15, -0.1) is 0 Å². The standard InChI is InChI=1S/C12H26N2O2S/c1-11(2,9-12(3,4)14-17-6)10(15)13-7-8-16-5/h14H,7-9H2,1-6H3,(H,13,15). The van der Waals surface area contributed by atoms with Crippen LogP contribution in [0.1, 0.15) is 34.1 Å². The molecule has 0 atom stereocenters. The van der Waals surface area contributed by atoms with E-state index in [1.807, 2.05) is 20.1 Å². The molecule has 0 heterocycles. The Balaban J connectivity index is 4.30. The van der Waals surface area contributed by atoms with E-state index in [9.17, 15) is 4.79 Å². The van der Waals surface area contributed by atoms with Crippen LogP contribution in [0.2, 0.25) is 0 Å². The molecule has 0 aliphatic carbocycles. The number of amides is 1. The molecule has 0 spiro atoms. The summed E-state index contributed by atoms with van der Waals surface area (Å²) in [6, 6.07) is 0. The second kappa shape index (κ2) is 7.24. The first-order chi connectivity index (χ1) is 7.75. The van der Waals surface area contributed by atoms with Gasteiger partial charge in [-0.25, -0.2) is 0 Å². The number of hydrogen-bond donors (Lipinski definition) is 2. The summed E-state index contributed by atoms with van der Waals surface area (Å²) in [5, 5.41) is 2.89. The first kappa shape index (κ1) is 16.7. The Morgan fingerprint density at radius 3 is 2.35 bits per heavy atom. The van der Waals surface area contributed by atoms with E-state index in [1.54, 1.807) is 19.1 Å². The Morgan fingerprint density at radius 1 is 1.29 bits per heavy atom. The molecule has 5 heteroatoms. The van der Waals surface area contributed by atoms with Crippen molar-refractivity contribution in [2.75, 3.05) is 26.5 Å². The van der Waals surface area contributed by atoms with Crippen molar-refractivity contribution in [3.05, 3.63) is 0 Å². The number of carbonyl (C=O) groups is 1. The first-order valence-electron chi connectivity index (χ1n) is 5.82. The van der Waals surface area contributed by atoms with Crippen LogP contribution in [0.25, 0.3) is 0 Å². The molecule has 0 aromatic rings. The normalized spacial score (nSPS) is 12.6. The average Bonchev–Trinajstić information content (AvgIpc) is 2.15. The van der Waals surface area contributed by atoms with Crippen LogP contribution in [-0.2, 0) is 9.53 Å². The van der Waals surface area contributed by atoms with Gasteiger partial charge in [-0.2, -0.15) is 0 Å². The van der Waals surface area contributed by atoms with Gasteiger partial charge in [0.15, 0.2) is 0 Å². The lowest BCUT2D eigenvalue weighted by Gasteiger charge is -2.34. The molecule has 2 N–H and O–H groups in total. The Morgan fingerprint density at radius 2 is 1.88 bits per heavy atom. The molecule has 0 fully saturated rings. The molecule has 0 rings (SSSR count). The summed E-state index contributed by atoms with van der Waals surface area (Å²) < 4.78 is 8.23. The van der Waals surface area contributed by atoms with Crippen molar-refractivity contribution in [1.82, 2.24) is 10.0 Å². The van der Waals surface area contributed by atoms with Crippen LogP contribution in [0.15, 0.2) is 0 Å². The van der Waals surface area contributed by atoms with E-state index in [-0.39, 0.29) is 16.9 Å². The lowest BCUT2D eigenvalue weighted by Crippen LogP contribution is -2.46. The summed E-state index contributed by atoms with van der Waals surface area (Å²) in [6.07, 6.45) is 2.77. The highest BCUT2D eigenvalue weighted by atomic mass is 32.2. The Hall–Kier alpha value is -0.260. The summed E-state index contributed by atoms with van der Waals surface area (Å²) in [7, 11) is 1.63. The van der Waals surface area contributed by atoms with Gasteiger partial charge in [0.05, 0.1) is 6.61 Å². The van der Waals surface area contributed by atoms with Crippen molar-refractivity contribution in [2.45, 2.75) is 39.7 Å². The third kappa shape index (κ3) is 6.91. The largest absolute Gasteiger partial charge is 0.383 e. The third-order valence-corrected chi connectivity index (χ3v) is 3.23. The predicted molar refractivity (Wildman–Crippen MR) is 74.0 cm³/mol. The van der Waals surface area contributed by atoms with Gasteiger partial charge in [-0.05, 0) is 26.5 Å². The minimum Gasteiger partial charge on any atom is -0.383 e. The van der Waals surface area contributed by atoms with E-state index >= 15 is 0 Å². The minimum absolute atomic E-state index is 0.0679. The van der Waals surface area contributed by atoms with Crippen LogP contribution in [-0.4, -0.2) is 38.0 Å². The summed E-state index contributed by atoms with van der Waals surface area (Å²) in [5.41, 5.74) is -0.457. The summed E-state index contributed by atoms with van der Waals surface area (Å²) in [6.45, 7) is 9.27. The number of hydrogen-bond acceptors (Lipinski definition) is 4. The van der Waals surface area contributed by atoms with Gasteiger partial charge in [0.2, 0.25) is 5.91 Å². The van der Waals surface area contributed by atoms with Gasteiger partial charge in [-0.1, -0.05) is 25.8 Å². The minimum atomic E-state index is -0.389. The molecule has 0 radical (unpaired) electrons. The second-order valence-corrected chi connectivity index (χ2v) is 6.11. The van der Waals surface area contributed by atoms with Crippen molar-refractivity contribution >= 4 is 17.9 Å². The maximum atomic E-state index is 12.0. The quantitative estimate of drug-likeness (QED) is 0.517. The Bertz CT molecular complexity index is 243. The average molecular weight is 262 g/mol. The molecular formula is C12H26N2O2S. The first-order valence-corrected chi connectivity index (χ1v) is 7.05. The number of methoxy groups -OCH3 is 1. The van der Waals surface area contributed by atoms with Gasteiger partial charge in [0.1, 0.15) is 0 Å². The molecule has 0 aromatic heterocycles. The molecule has 0 aliphatic rings. The van der Waals surface area contributed by atoms with Gasteiger partial charge in [-0.3, -0.25) is 9.52 Å². The monoisotopic (exact) mass is 262 g/mol. The Labute approximate surface area is 109 Å². The summed E-state index contributed by atoms with van der Waals surface area (Å²) in [5.74, 6) is 0.0746. The fourth-order valence-corrected chi connectivity index (χ4v) is 2.63. The van der Waals surface area contributed by atoms with E-state index in [0.29, 0.717) is 13.2 Å². The molecule has 0 saturated heterocycles. The van der Waals surface area contributed by atoms with Crippen molar-refractivity contribution in [3.8, 4) is 0 Å². The number of carbonyl (C=O) groups excluding carboxylic acids is 1. The van der Waals surface area contributed by atoms with Gasteiger partial charge in [0, 0.05) is 24.6 Å². The highest BCUT2D eigenvalue weighted by molar-refractivity contribution is 7.96. The topological polar surface area (TPSA) is 50.4 Å². The number of ether oxygens (including phenoxy) is 1. The van der Waals surface area contributed by atoms with E-state index in [0.717, 1.165) is 6.42 Å². The van der Waals surface area contributed by atoms with Crippen molar-refractivity contribution < 1.29 is 9.53 Å². The zero-order chi connectivity index (χ0) is 13.5. The third-order valence-electron chi connectivity index (χ3n) is 2.47. The lowest BCUT2D eigenvalue weighted by molar-refractivity contribution is -0.130. The SMILES string of the molecule is COCCNC(=O)C(C)(C)CC(C)(C)NSC. The maximum absolute atomic E-state index is 12.0. The predicted octanol–water partition coefficient (Wildman–Crippen LogP) is 1.81. The fraction of sp³-hybridized carbons (Fsp3) is 0.917. The summed E-state index contributed by atoms with van der Waals surface area (Å²) >= 11 is 1.58. The van der Waals surface area contributed by atoms with Crippen LogP contribution < -0.4 is 10.0 Å². The molecule has 0 bridgehead atoms. The zero-order valence-corrected chi connectivity index (χ0v) is 12.7. The summed E-state index contributed by atoms with van der Waals surface area (Å²) in [4.78, 5) is 12.0. The van der Waals surface area contributed by atoms with E-state index in [4.69, 9.17) is 4.74 Å². The smallest absolute Gasteiger partial charge is 0.225 e. The zero-order valence-electron chi connectivity index (χ0n) is 11.8. The van der Waals surface area contributed by atoms with Gasteiger partial charge < -0.3 is 10.1 Å². The molecule has 17 heavy (non-hydrogen) atoms. The van der Waals surface area contributed by atoms with Crippen LogP contribution in [0.3, 0.4) is 0 Å². The van der Waals surface area contributed by atoms with Crippen LogP contribution in [0.5, 0.6) is 0 Å². The van der Waals surface area contributed by atoms with Crippen molar-refractivity contribution in [2.24, 2.45) is 5.41 Å². The van der Waals surface area contributed by atoms with Gasteiger partial charge in [0.25, 0.3) is 0 Å². The fourth-order valence-electron chi connectivity index (χ4n) is 2.00. The molecule has 0 saturated carbocycles. The number of rotatable bonds is 8. The van der Waals surface area contributed by atoms with E-state index in [1.165, 1.54) is 0 Å². The molecule has 1 amide bonds. The molecule has 0 unspecified atom stereocenters. The molecule has 0 aliphatic heterocycles. The van der Waals surface area contributed by atoms with Crippen LogP contribution in [0, 0.1) is 5.41 Å².